The van der Waals surface area contributed by atoms with Crippen LogP contribution in [-0.2, 0) is 24.3 Å². The molecule has 1 aliphatic rings. The molecule has 23 heavy (non-hydrogen) atoms. The number of aromatic nitrogens is 2. The lowest BCUT2D eigenvalue weighted by molar-refractivity contribution is 0.338. The van der Waals surface area contributed by atoms with Gasteiger partial charge >= 0.3 is 0 Å². The number of ether oxygens (including phenoxy) is 2. The van der Waals surface area contributed by atoms with Crippen LogP contribution in [0.5, 0.6) is 11.5 Å². The summed E-state index contributed by atoms with van der Waals surface area (Å²) in [4.78, 5) is 4.70. The normalized spacial score (nSPS) is 15.1. The molecule has 0 radical (unpaired) electrons. The first-order chi connectivity index (χ1) is 11.2. The van der Waals surface area contributed by atoms with Crippen molar-refractivity contribution in [2.45, 2.75) is 13.1 Å². The molecule has 1 aromatic heterocycles. The van der Waals surface area contributed by atoms with Crippen molar-refractivity contribution in [2.24, 2.45) is 0 Å². The van der Waals surface area contributed by atoms with E-state index in [0.717, 1.165) is 42.5 Å². The van der Waals surface area contributed by atoms with Gasteiger partial charge in [0, 0.05) is 30.9 Å². The smallest absolute Gasteiger partial charge is 0.139 e. The van der Waals surface area contributed by atoms with Gasteiger partial charge in [0.15, 0.2) is 0 Å². The van der Waals surface area contributed by atoms with Crippen LogP contribution in [0.15, 0.2) is 24.4 Å². The largest absolute Gasteiger partial charge is 0.616 e. The second-order valence-electron chi connectivity index (χ2n) is 5.40. The van der Waals surface area contributed by atoms with Gasteiger partial charge in [-0.25, -0.2) is 4.98 Å². The van der Waals surface area contributed by atoms with Gasteiger partial charge in [0.25, 0.3) is 0 Å². The maximum absolute atomic E-state index is 11.2. The van der Waals surface area contributed by atoms with E-state index in [2.05, 4.69) is 16.1 Å². The lowest BCUT2D eigenvalue weighted by Gasteiger charge is -2.13. The number of nitrogens with one attached hydrogen (secondary N) is 1. The molecular formula is C16H21N3O3S. The fourth-order valence-electron chi connectivity index (χ4n) is 2.55. The van der Waals surface area contributed by atoms with Crippen LogP contribution < -0.4 is 14.8 Å². The third-order valence-corrected chi connectivity index (χ3v) is 4.51. The van der Waals surface area contributed by atoms with E-state index >= 15 is 0 Å². The van der Waals surface area contributed by atoms with Gasteiger partial charge in [-0.05, 0) is 12.1 Å². The molecule has 1 unspecified atom stereocenters. The summed E-state index contributed by atoms with van der Waals surface area (Å²) in [5.41, 5.74) is 1.81. The van der Waals surface area contributed by atoms with Crippen LogP contribution in [-0.4, -0.2) is 46.4 Å². The molecule has 0 fully saturated rings. The van der Waals surface area contributed by atoms with Gasteiger partial charge in [-0.2, -0.15) is 0 Å². The van der Waals surface area contributed by atoms with Crippen molar-refractivity contribution in [1.82, 2.24) is 14.9 Å². The minimum absolute atomic E-state index is 0.401. The van der Waals surface area contributed by atoms with Crippen LogP contribution in [0.4, 0.5) is 0 Å². The number of rotatable bonds is 6. The number of fused-ring (bicyclic) bond motifs is 1. The molecule has 0 aliphatic carbocycles. The average molecular weight is 335 g/mol. The topological polar surface area (TPSA) is 71.4 Å². The number of benzene rings is 1. The molecule has 1 aliphatic heterocycles. The van der Waals surface area contributed by atoms with Crippen LogP contribution >= 0.6 is 0 Å². The third-order valence-electron chi connectivity index (χ3n) is 3.76. The van der Waals surface area contributed by atoms with Gasteiger partial charge < -0.3 is 23.9 Å². The van der Waals surface area contributed by atoms with Gasteiger partial charge in [-0.3, -0.25) is 0 Å². The Labute approximate surface area is 139 Å². The molecule has 0 amide bonds. The third kappa shape index (κ3) is 3.80. The first-order valence-corrected chi connectivity index (χ1v) is 9.28. The Bertz CT molecular complexity index is 649. The molecule has 2 heterocycles. The zero-order valence-electron chi connectivity index (χ0n) is 13.4. The van der Waals surface area contributed by atoms with Gasteiger partial charge in [0.2, 0.25) is 0 Å². The fraction of sp³-hybridized carbons (Fsp3) is 0.438. The van der Waals surface area contributed by atoms with Gasteiger partial charge in [-0.1, -0.05) is 11.2 Å². The molecule has 2 aromatic rings. The highest BCUT2D eigenvalue weighted by atomic mass is 32.2. The number of hydrogen-bond donors (Lipinski definition) is 1. The van der Waals surface area contributed by atoms with E-state index in [-0.39, 0.29) is 0 Å². The van der Waals surface area contributed by atoms with Crippen molar-refractivity contribution < 1.29 is 14.0 Å². The first-order valence-electron chi connectivity index (χ1n) is 7.55. The molecule has 0 saturated carbocycles. The number of imidazole rings is 1. The summed E-state index contributed by atoms with van der Waals surface area (Å²) in [6, 6.07) is 5.71. The van der Waals surface area contributed by atoms with Crippen molar-refractivity contribution in [2.75, 3.05) is 32.3 Å². The van der Waals surface area contributed by atoms with Crippen LogP contribution in [0.25, 0.3) is 11.3 Å². The molecular weight excluding hydrogens is 314 g/mol. The number of methoxy groups -OCH3 is 1. The van der Waals surface area contributed by atoms with Crippen LogP contribution in [0.2, 0.25) is 0 Å². The zero-order valence-corrected chi connectivity index (χ0v) is 14.2. The van der Waals surface area contributed by atoms with Crippen LogP contribution in [0, 0.1) is 0 Å². The van der Waals surface area contributed by atoms with Crippen LogP contribution in [0.1, 0.15) is 5.82 Å². The summed E-state index contributed by atoms with van der Waals surface area (Å²) in [6.07, 6.45) is 3.73. The van der Waals surface area contributed by atoms with E-state index in [9.17, 15) is 4.55 Å². The maximum Gasteiger partial charge on any atom is 0.139 e. The minimum atomic E-state index is -0.876. The molecule has 0 saturated heterocycles. The van der Waals surface area contributed by atoms with E-state index in [0.29, 0.717) is 18.1 Å². The summed E-state index contributed by atoms with van der Waals surface area (Å²) in [5.74, 6) is 2.97. The summed E-state index contributed by atoms with van der Waals surface area (Å²) < 4.78 is 24.5. The van der Waals surface area contributed by atoms with E-state index < -0.39 is 11.2 Å². The molecule has 6 nitrogen and oxygen atoms in total. The Morgan fingerprint density at radius 2 is 2.30 bits per heavy atom. The van der Waals surface area contributed by atoms with Crippen molar-refractivity contribution >= 4 is 11.2 Å². The standard InChI is InChI=1S/C16H21N3O3S/c1-21-12-3-4-13(15(9-12)22-7-8-23(2)20)14-11-19-6-5-17-10-16(19)18-14/h3-4,9,11,17H,5-8,10H2,1-2H3. The zero-order chi connectivity index (χ0) is 16.2. The van der Waals surface area contributed by atoms with E-state index in [4.69, 9.17) is 14.5 Å². The number of hydrogen-bond acceptors (Lipinski definition) is 5. The highest BCUT2D eigenvalue weighted by Crippen LogP contribution is 2.33. The monoisotopic (exact) mass is 335 g/mol. The molecule has 1 N–H and O–H groups in total. The van der Waals surface area contributed by atoms with E-state index in [1.54, 1.807) is 13.4 Å². The van der Waals surface area contributed by atoms with Gasteiger partial charge in [0.1, 0.15) is 29.7 Å². The van der Waals surface area contributed by atoms with Gasteiger partial charge in [-0.15, -0.1) is 0 Å². The second-order valence-corrected chi connectivity index (χ2v) is 6.96. The Morgan fingerprint density at radius 3 is 3.04 bits per heavy atom. The Morgan fingerprint density at radius 1 is 1.43 bits per heavy atom. The first kappa shape index (κ1) is 16.2. The van der Waals surface area contributed by atoms with Gasteiger partial charge in [0.05, 0.1) is 25.6 Å². The molecule has 1 aromatic carbocycles. The summed E-state index contributed by atoms with van der Waals surface area (Å²) in [5, 5.41) is 3.32. The van der Waals surface area contributed by atoms with E-state index in [1.807, 2.05) is 18.2 Å². The molecule has 7 heteroatoms. The summed E-state index contributed by atoms with van der Waals surface area (Å²) in [6.45, 7) is 3.06. The molecule has 0 bridgehead atoms. The molecule has 124 valence electrons. The predicted octanol–water partition coefficient (Wildman–Crippen LogP) is 1.42. The van der Waals surface area contributed by atoms with Crippen molar-refractivity contribution in [3.8, 4) is 22.8 Å². The summed E-state index contributed by atoms with van der Waals surface area (Å²) >= 11 is -0.876. The Kier molecular flexibility index (Phi) is 5.09. The SMILES string of the molecule is COc1ccc(-c2cn3c(n2)CNCC3)c(OCC[S+](C)[O-])c1. The van der Waals surface area contributed by atoms with Crippen molar-refractivity contribution in [1.29, 1.82) is 0 Å². The lowest BCUT2D eigenvalue weighted by atomic mass is 10.1. The fourth-order valence-corrected chi connectivity index (χ4v) is 2.87. The Hall–Kier alpha value is -1.70. The van der Waals surface area contributed by atoms with Crippen molar-refractivity contribution in [3.63, 3.8) is 0 Å². The average Bonchev–Trinajstić information content (AvgIpc) is 2.98. The lowest BCUT2D eigenvalue weighted by Crippen LogP contribution is -2.27. The minimum Gasteiger partial charge on any atom is -0.616 e. The second kappa shape index (κ2) is 7.25. The van der Waals surface area contributed by atoms with Crippen LogP contribution in [0.3, 0.4) is 0 Å². The number of nitrogens with zero attached hydrogens (tertiary/aromatic N) is 2. The highest BCUT2D eigenvalue weighted by Gasteiger charge is 2.16. The Balaban J connectivity index is 1.89. The summed E-state index contributed by atoms with van der Waals surface area (Å²) in [7, 11) is 1.63. The predicted molar refractivity (Wildman–Crippen MR) is 90.4 cm³/mol. The molecule has 3 rings (SSSR count). The van der Waals surface area contributed by atoms with Crippen molar-refractivity contribution in [3.05, 3.63) is 30.2 Å². The molecule has 1 atom stereocenters. The molecule has 0 spiro atoms. The van der Waals surface area contributed by atoms with E-state index in [1.165, 1.54) is 0 Å². The highest BCUT2D eigenvalue weighted by molar-refractivity contribution is 7.90. The quantitative estimate of drug-likeness (QED) is 0.809. The maximum atomic E-state index is 11.2.